The van der Waals surface area contributed by atoms with Crippen LogP contribution in [0.15, 0.2) is 24.3 Å². The van der Waals surface area contributed by atoms with Crippen LogP contribution in [0.2, 0.25) is 0 Å². The van der Waals surface area contributed by atoms with Crippen LogP contribution in [0.3, 0.4) is 0 Å². The minimum Gasteiger partial charge on any atom is -0.491 e. The van der Waals surface area contributed by atoms with Crippen molar-refractivity contribution >= 4 is 0 Å². The fourth-order valence-electron chi connectivity index (χ4n) is 1.62. The summed E-state index contributed by atoms with van der Waals surface area (Å²) in [6, 6.07) is 6.40. The molecule has 2 nitrogen and oxygen atoms in total. The second-order valence-corrected chi connectivity index (χ2v) is 5.66. The van der Waals surface area contributed by atoms with Gasteiger partial charge in [-0.3, -0.25) is 0 Å². The van der Waals surface area contributed by atoms with E-state index >= 15 is 0 Å². The lowest BCUT2D eigenvalue weighted by atomic mass is 9.86. The van der Waals surface area contributed by atoms with E-state index in [1.165, 1.54) is 6.07 Å². The molecule has 0 aromatic heterocycles. The van der Waals surface area contributed by atoms with Crippen molar-refractivity contribution in [3.63, 3.8) is 0 Å². The monoisotopic (exact) mass is 254 g/mol. The largest absolute Gasteiger partial charge is 0.491 e. The Labute approximate surface area is 109 Å². The van der Waals surface area contributed by atoms with Gasteiger partial charge in [-0.2, -0.15) is 0 Å². The van der Waals surface area contributed by atoms with Crippen molar-refractivity contribution in [1.82, 2.24) is 0 Å². The quantitative estimate of drug-likeness (QED) is 0.783. The summed E-state index contributed by atoms with van der Waals surface area (Å²) in [6.45, 7) is 6.55. The molecule has 0 amide bonds. The fourth-order valence-corrected chi connectivity index (χ4v) is 1.62. The minimum atomic E-state index is -0.327. The normalized spacial score (nSPS) is 13.4. The Morgan fingerprint density at radius 3 is 2.50 bits per heavy atom. The molecule has 1 aromatic carbocycles. The van der Waals surface area contributed by atoms with Gasteiger partial charge in [-0.1, -0.05) is 32.9 Å². The Bertz CT molecular complexity index is 358. The van der Waals surface area contributed by atoms with Crippen molar-refractivity contribution in [3.8, 4) is 5.75 Å². The average Bonchev–Trinajstić information content (AvgIpc) is 2.29. The van der Waals surface area contributed by atoms with E-state index < -0.39 is 0 Å². The van der Waals surface area contributed by atoms with Gasteiger partial charge in [-0.15, -0.1) is 0 Å². The SMILES string of the molecule is CC(C)(C)C(O)CCCCOc1ccccc1F. The molecule has 0 saturated carbocycles. The van der Waals surface area contributed by atoms with Crippen LogP contribution < -0.4 is 4.74 Å². The second kappa shape index (κ2) is 6.74. The van der Waals surface area contributed by atoms with Crippen molar-refractivity contribution in [3.05, 3.63) is 30.1 Å². The lowest BCUT2D eigenvalue weighted by Gasteiger charge is -2.25. The number of rotatable bonds is 6. The van der Waals surface area contributed by atoms with Crippen molar-refractivity contribution < 1.29 is 14.2 Å². The number of ether oxygens (including phenoxy) is 1. The Morgan fingerprint density at radius 2 is 1.89 bits per heavy atom. The zero-order valence-electron chi connectivity index (χ0n) is 11.4. The van der Waals surface area contributed by atoms with Gasteiger partial charge in [0.25, 0.3) is 0 Å². The molecule has 1 unspecified atom stereocenters. The summed E-state index contributed by atoms with van der Waals surface area (Å²) in [5.74, 6) is -0.0268. The number of hydrogen-bond donors (Lipinski definition) is 1. The third-order valence-electron chi connectivity index (χ3n) is 2.97. The van der Waals surface area contributed by atoms with Gasteiger partial charge in [-0.05, 0) is 36.8 Å². The van der Waals surface area contributed by atoms with Gasteiger partial charge in [0.2, 0.25) is 0 Å². The summed E-state index contributed by atoms with van der Waals surface area (Å²) in [5.41, 5.74) is -0.0770. The molecular formula is C15H23FO2. The van der Waals surface area contributed by atoms with Crippen LogP contribution >= 0.6 is 0 Å². The van der Waals surface area contributed by atoms with Crippen molar-refractivity contribution in [2.45, 2.75) is 46.1 Å². The van der Waals surface area contributed by atoms with E-state index in [2.05, 4.69) is 0 Å². The van der Waals surface area contributed by atoms with Crippen LogP contribution in [-0.4, -0.2) is 17.8 Å². The summed E-state index contributed by atoms with van der Waals surface area (Å²) >= 11 is 0. The molecule has 0 aliphatic rings. The van der Waals surface area contributed by atoms with Crippen LogP contribution in [0.5, 0.6) is 5.75 Å². The standard InChI is InChI=1S/C15H23FO2/c1-15(2,3)14(17)10-6-7-11-18-13-9-5-4-8-12(13)16/h4-5,8-9,14,17H,6-7,10-11H2,1-3H3. The van der Waals surface area contributed by atoms with Crippen molar-refractivity contribution in [2.24, 2.45) is 5.41 Å². The molecule has 0 spiro atoms. The van der Waals surface area contributed by atoms with Crippen LogP contribution in [-0.2, 0) is 0 Å². The predicted octanol–water partition coefficient (Wildman–Crippen LogP) is 3.78. The number of aliphatic hydroxyl groups excluding tert-OH is 1. The van der Waals surface area contributed by atoms with Crippen LogP contribution in [0, 0.1) is 11.2 Å². The lowest BCUT2D eigenvalue weighted by molar-refractivity contribution is 0.0525. The molecule has 1 N–H and O–H groups in total. The highest BCUT2D eigenvalue weighted by molar-refractivity contribution is 5.23. The molecule has 102 valence electrons. The van der Waals surface area contributed by atoms with Crippen LogP contribution in [0.4, 0.5) is 4.39 Å². The van der Waals surface area contributed by atoms with E-state index in [-0.39, 0.29) is 17.3 Å². The van der Waals surface area contributed by atoms with E-state index in [1.807, 2.05) is 20.8 Å². The maximum absolute atomic E-state index is 13.2. The average molecular weight is 254 g/mol. The molecule has 0 fully saturated rings. The van der Waals surface area contributed by atoms with E-state index in [1.54, 1.807) is 18.2 Å². The Balaban J connectivity index is 2.18. The first-order valence-electron chi connectivity index (χ1n) is 6.46. The van der Waals surface area contributed by atoms with Gasteiger partial charge in [0.15, 0.2) is 11.6 Å². The highest BCUT2D eigenvalue weighted by Gasteiger charge is 2.21. The summed E-state index contributed by atoms with van der Waals surface area (Å²) in [6.07, 6.45) is 2.16. The zero-order chi connectivity index (χ0) is 13.6. The van der Waals surface area contributed by atoms with Gasteiger partial charge in [-0.25, -0.2) is 4.39 Å². The zero-order valence-corrected chi connectivity index (χ0v) is 11.4. The maximum atomic E-state index is 13.2. The molecule has 1 aromatic rings. The van der Waals surface area contributed by atoms with E-state index in [4.69, 9.17) is 4.74 Å². The highest BCUT2D eigenvalue weighted by atomic mass is 19.1. The molecule has 0 heterocycles. The fraction of sp³-hybridized carbons (Fsp3) is 0.600. The number of hydrogen-bond acceptors (Lipinski definition) is 2. The molecule has 18 heavy (non-hydrogen) atoms. The topological polar surface area (TPSA) is 29.5 Å². The maximum Gasteiger partial charge on any atom is 0.165 e. The van der Waals surface area contributed by atoms with Gasteiger partial charge in [0, 0.05) is 0 Å². The molecule has 1 atom stereocenters. The first kappa shape index (κ1) is 15.0. The Hall–Kier alpha value is -1.09. The molecule has 3 heteroatoms. The third kappa shape index (κ3) is 5.05. The molecular weight excluding hydrogens is 231 g/mol. The van der Waals surface area contributed by atoms with Gasteiger partial charge < -0.3 is 9.84 Å². The van der Waals surface area contributed by atoms with Crippen LogP contribution in [0.25, 0.3) is 0 Å². The van der Waals surface area contributed by atoms with Gasteiger partial charge in [0.05, 0.1) is 12.7 Å². The van der Waals surface area contributed by atoms with E-state index in [9.17, 15) is 9.50 Å². The Morgan fingerprint density at radius 1 is 1.22 bits per heavy atom. The molecule has 1 rings (SSSR count). The number of unbranched alkanes of at least 4 members (excludes halogenated alkanes) is 1. The predicted molar refractivity (Wildman–Crippen MR) is 71.2 cm³/mol. The summed E-state index contributed by atoms with van der Waals surface area (Å²) in [4.78, 5) is 0. The second-order valence-electron chi connectivity index (χ2n) is 5.66. The summed E-state index contributed by atoms with van der Waals surface area (Å²) in [5, 5.41) is 9.85. The first-order chi connectivity index (χ1) is 8.41. The number of aliphatic hydroxyl groups is 1. The van der Waals surface area contributed by atoms with E-state index in [0.29, 0.717) is 12.4 Å². The summed E-state index contributed by atoms with van der Waals surface area (Å²) in [7, 11) is 0. The van der Waals surface area contributed by atoms with Crippen LogP contribution in [0.1, 0.15) is 40.0 Å². The summed E-state index contributed by atoms with van der Waals surface area (Å²) < 4.78 is 18.6. The number of para-hydroxylation sites is 1. The molecule has 0 aliphatic carbocycles. The van der Waals surface area contributed by atoms with Gasteiger partial charge >= 0.3 is 0 Å². The molecule has 0 aliphatic heterocycles. The molecule has 0 bridgehead atoms. The smallest absolute Gasteiger partial charge is 0.165 e. The molecule has 0 saturated heterocycles. The number of benzene rings is 1. The first-order valence-corrected chi connectivity index (χ1v) is 6.46. The van der Waals surface area contributed by atoms with Gasteiger partial charge in [0.1, 0.15) is 0 Å². The lowest BCUT2D eigenvalue weighted by Crippen LogP contribution is -2.25. The van der Waals surface area contributed by atoms with Crippen molar-refractivity contribution in [1.29, 1.82) is 0 Å². The highest BCUT2D eigenvalue weighted by Crippen LogP contribution is 2.23. The number of halogens is 1. The Kier molecular flexibility index (Phi) is 5.60. The third-order valence-corrected chi connectivity index (χ3v) is 2.97. The molecule has 0 radical (unpaired) electrons. The minimum absolute atomic E-state index is 0.0770. The van der Waals surface area contributed by atoms with E-state index in [0.717, 1.165) is 19.3 Å². The van der Waals surface area contributed by atoms with Crippen molar-refractivity contribution in [2.75, 3.05) is 6.61 Å².